The maximum atomic E-state index is 12.6. The lowest BCUT2D eigenvalue weighted by Gasteiger charge is -2.07. The first-order valence-electron chi connectivity index (χ1n) is 8.12. The minimum atomic E-state index is -0.702. The topological polar surface area (TPSA) is 115 Å². The van der Waals surface area contributed by atoms with Crippen LogP contribution in [-0.2, 0) is 6.42 Å². The van der Waals surface area contributed by atoms with Gasteiger partial charge in [-0.2, -0.15) is 0 Å². The number of rotatable bonds is 6. The molecule has 0 unspecified atom stereocenters. The largest absolute Gasteiger partial charge is 0.366 e. The summed E-state index contributed by atoms with van der Waals surface area (Å²) in [5.41, 5.74) is 12.3. The smallest absolute Gasteiger partial charge is 0.257 e. The van der Waals surface area contributed by atoms with Crippen LogP contribution in [0.4, 0.5) is 5.00 Å². The molecule has 3 amide bonds. The maximum Gasteiger partial charge on any atom is 0.257 e. The number of carbonyl (C=O) groups excluding carboxylic acids is 3. The van der Waals surface area contributed by atoms with E-state index in [2.05, 4.69) is 5.32 Å². The van der Waals surface area contributed by atoms with E-state index in [0.717, 1.165) is 10.4 Å². The van der Waals surface area contributed by atoms with Crippen molar-refractivity contribution >= 4 is 34.1 Å². The SMILES string of the molecule is NC(=O)c1ccccc1C(=O)Nc1sc(Cc2ccccc2)cc1C(N)=O. The molecule has 2 aromatic carbocycles. The van der Waals surface area contributed by atoms with Crippen LogP contribution < -0.4 is 16.8 Å². The fourth-order valence-electron chi connectivity index (χ4n) is 2.67. The molecule has 0 radical (unpaired) electrons. The van der Waals surface area contributed by atoms with E-state index in [9.17, 15) is 14.4 Å². The number of amides is 3. The predicted molar refractivity (Wildman–Crippen MR) is 105 cm³/mol. The molecule has 7 heteroatoms. The first kappa shape index (κ1) is 18.3. The third-order valence-corrected chi connectivity index (χ3v) is 4.98. The molecule has 136 valence electrons. The lowest BCUT2D eigenvalue weighted by molar-refractivity contribution is 0.0975. The van der Waals surface area contributed by atoms with Crippen molar-refractivity contribution in [2.75, 3.05) is 5.32 Å². The van der Waals surface area contributed by atoms with Gasteiger partial charge in [-0.15, -0.1) is 11.3 Å². The summed E-state index contributed by atoms with van der Waals surface area (Å²) in [7, 11) is 0. The Morgan fingerprint density at radius 2 is 1.41 bits per heavy atom. The molecule has 0 saturated heterocycles. The van der Waals surface area contributed by atoms with Crippen molar-refractivity contribution < 1.29 is 14.4 Å². The average Bonchev–Trinajstić information content (AvgIpc) is 3.05. The third-order valence-electron chi connectivity index (χ3n) is 3.93. The molecular formula is C20H17N3O3S. The standard InChI is InChI=1S/C20H17N3O3S/c21-17(24)14-8-4-5-9-15(14)19(26)23-20-16(18(22)25)11-13(27-20)10-12-6-2-1-3-7-12/h1-9,11H,10H2,(H2,21,24)(H2,22,25)(H,23,26). The summed E-state index contributed by atoms with van der Waals surface area (Å²) in [5, 5.41) is 3.03. The summed E-state index contributed by atoms with van der Waals surface area (Å²) in [6.45, 7) is 0. The highest BCUT2D eigenvalue weighted by Crippen LogP contribution is 2.30. The van der Waals surface area contributed by atoms with Gasteiger partial charge in [-0.3, -0.25) is 14.4 Å². The number of thiophene rings is 1. The first-order chi connectivity index (χ1) is 13.0. The quantitative estimate of drug-likeness (QED) is 0.611. The molecule has 0 aliphatic heterocycles. The molecule has 0 aliphatic carbocycles. The van der Waals surface area contributed by atoms with Crippen LogP contribution in [-0.4, -0.2) is 17.7 Å². The molecule has 0 fully saturated rings. The number of benzene rings is 2. The number of nitrogens with one attached hydrogen (secondary N) is 1. The summed E-state index contributed by atoms with van der Waals surface area (Å²) < 4.78 is 0. The Morgan fingerprint density at radius 1 is 0.815 bits per heavy atom. The Bertz CT molecular complexity index is 1010. The van der Waals surface area contributed by atoms with Gasteiger partial charge in [-0.05, 0) is 23.8 Å². The fraction of sp³-hybridized carbons (Fsp3) is 0.0500. The van der Waals surface area contributed by atoms with Crippen LogP contribution in [0.25, 0.3) is 0 Å². The van der Waals surface area contributed by atoms with Crippen molar-refractivity contribution in [3.05, 3.63) is 87.8 Å². The molecular weight excluding hydrogens is 362 g/mol. The molecule has 0 spiro atoms. The van der Waals surface area contributed by atoms with E-state index in [1.165, 1.54) is 23.5 Å². The minimum absolute atomic E-state index is 0.108. The molecule has 3 aromatic rings. The van der Waals surface area contributed by atoms with Gasteiger partial charge in [0, 0.05) is 11.3 Å². The van der Waals surface area contributed by atoms with Gasteiger partial charge in [-0.25, -0.2) is 0 Å². The zero-order chi connectivity index (χ0) is 19.4. The highest BCUT2D eigenvalue weighted by atomic mass is 32.1. The molecule has 27 heavy (non-hydrogen) atoms. The fourth-order valence-corrected chi connectivity index (χ4v) is 3.76. The summed E-state index contributed by atoms with van der Waals surface area (Å²) in [4.78, 5) is 36.8. The highest BCUT2D eigenvalue weighted by Gasteiger charge is 2.19. The monoisotopic (exact) mass is 379 g/mol. The Morgan fingerprint density at radius 3 is 2.04 bits per heavy atom. The van der Waals surface area contributed by atoms with E-state index in [0.29, 0.717) is 11.4 Å². The number of hydrogen-bond donors (Lipinski definition) is 3. The Kier molecular flexibility index (Phi) is 5.33. The third kappa shape index (κ3) is 4.21. The predicted octanol–water partition coefficient (Wildman–Crippen LogP) is 2.79. The molecule has 1 heterocycles. The van der Waals surface area contributed by atoms with Gasteiger partial charge >= 0.3 is 0 Å². The van der Waals surface area contributed by atoms with Gasteiger partial charge in [-0.1, -0.05) is 42.5 Å². The Labute approximate surface area is 159 Å². The number of carbonyl (C=O) groups is 3. The minimum Gasteiger partial charge on any atom is -0.366 e. The molecule has 6 nitrogen and oxygen atoms in total. The van der Waals surface area contributed by atoms with Crippen LogP contribution in [0.1, 0.15) is 41.5 Å². The first-order valence-corrected chi connectivity index (χ1v) is 8.94. The van der Waals surface area contributed by atoms with E-state index in [1.54, 1.807) is 18.2 Å². The zero-order valence-electron chi connectivity index (χ0n) is 14.3. The van der Waals surface area contributed by atoms with Crippen LogP contribution >= 0.6 is 11.3 Å². The van der Waals surface area contributed by atoms with Crippen LogP contribution in [0.3, 0.4) is 0 Å². The van der Waals surface area contributed by atoms with Gasteiger partial charge in [0.05, 0.1) is 16.7 Å². The van der Waals surface area contributed by atoms with Crippen LogP contribution in [0.5, 0.6) is 0 Å². The lowest BCUT2D eigenvalue weighted by Crippen LogP contribution is -2.21. The van der Waals surface area contributed by atoms with Gasteiger partial charge in [0.15, 0.2) is 0 Å². The highest BCUT2D eigenvalue weighted by molar-refractivity contribution is 7.16. The molecule has 0 saturated carbocycles. The van der Waals surface area contributed by atoms with Crippen LogP contribution in [0.2, 0.25) is 0 Å². The maximum absolute atomic E-state index is 12.6. The summed E-state index contributed by atoms with van der Waals surface area (Å²) in [6, 6.07) is 17.6. The van der Waals surface area contributed by atoms with Gasteiger partial charge < -0.3 is 16.8 Å². The molecule has 5 N–H and O–H groups in total. The van der Waals surface area contributed by atoms with Crippen molar-refractivity contribution in [3.8, 4) is 0 Å². The normalized spacial score (nSPS) is 10.4. The zero-order valence-corrected chi connectivity index (χ0v) is 15.1. The second-order valence-electron chi connectivity index (χ2n) is 5.85. The number of hydrogen-bond acceptors (Lipinski definition) is 4. The van der Waals surface area contributed by atoms with E-state index in [1.807, 2.05) is 30.3 Å². The Hall–Kier alpha value is -3.45. The van der Waals surface area contributed by atoms with Crippen molar-refractivity contribution in [1.82, 2.24) is 0 Å². The van der Waals surface area contributed by atoms with E-state index >= 15 is 0 Å². The molecule has 0 bridgehead atoms. The second-order valence-corrected chi connectivity index (χ2v) is 6.98. The van der Waals surface area contributed by atoms with Crippen molar-refractivity contribution in [2.45, 2.75) is 6.42 Å². The van der Waals surface area contributed by atoms with Gasteiger partial charge in [0.2, 0.25) is 5.91 Å². The van der Waals surface area contributed by atoms with Crippen molar-refractivity contribution in [1.29, 1.82) is 0 Å². The molecule has 0 aliphatic rings. The van der Waals surface area contributed by atoms with E-state index < -0.39 is 17.7 Å². The summed E-state index contributed by atoms with van der Waals surface area (Å²) in [6.07, 6.45) is 0.611. The molecule has 0 atom stereocenters. The number of nitrogens with two attached hydrogens (primary N) is 2. The summed E-state index contributed by atoms with van der Waals surface area (Å²) in [5.74, 6) is -1.86. The van der Waals surface area contributed by atoms with E-state index in [4.69, 9.17) is 11.5 Å². The average molecular weight is 379 g/mol. The lowest BCUT2D eigenvalue weighted by atomic mass is 10.1. The summed E-state index contributed by atoms with van der Waals surface area (Å²) >= 11 is 1.27. The molecule has 1 aromatic heterocycles. The second kappa shape index (κ2) is 7.84. The number of primary amides is 2. The van der Waals surface area contributed by atoms with Crippen LogP contribution in [0.15, 0.2) is 60.7 Å². The van der Waals surface area contributed by atoms with Gasteiger partial charge in [0.25, 0.3) is 11.8 Å². The van der Waals surface area contributed by atoms with E-state index in [-0.39, 0.29) is 16.7 Å². The molecule has 3 rings (SSSR count). The number of anilines is 1. The van der Waals surface area contributed by atoms with Crippen LogP contribution in [0, 0.1) is 0 Å². The van der Waals surface area contributed by atoms with Crippen molar-refractivity contribution in [2.24, 2.45) is 11.5 Å². The van der Waals surface area contributed by atoms with Crippen molar-refractivity contribution in [3.63, 3.8) is 0 Å². The Balaban J connectivity index is 1.89. The van der Waals surface area contributed by atoms with Gasteiger partial charge in [0.1, 0.15) is 5.00 Å².